The first-order valence-electron chi connectivity index (χ1n) is 5.35. The molecule has 2 rings (SSSR count). The van der Waals surface area contributed by atoms with E-state index in [1.165, 1.54) is 6.07 Å². The van der Waals surface area contributed by atoms with Gasteiger partial charge in [-0.3, -0.25) is 0 Å². The summed E-state index contributed by atoms with van der Waals surface area (Å²) in [6.45, 7) is 2.84. The highest BCUT2D eigenvalue weighted by Gasteiger charge is 2.15. The van der Waals surface area contributed by atoms with E-state index in [2.05, 4.69) is 20.9 Å². The van der Waals surface area contributed by atoms with E-state index in [1.807, 2.05) is 17.7 Å². The second kappa shape index (κ2) is 4.98. The van der Waals surface area contributed by atoms with Crippen LogP contribution in [0.25, 0.3) is 0 Å². The lowest BCUT2D eigenvalue weighted by molar-refractivity contribution is 0.616. The number of benzene rings is 1. The van der Waals surface area contributed by atoms with Crippen molar-refractivity contribution in [2.75, 3.05) is 0 Å². The van der Waals surface area contributed by atoms with Crippen LogP contribution in [0.15, 0.2) is 35.1 Å². The van der Waals surface area contributed by atoms with E-state index < -0.39 is 0 Å². The van der Waals surface area contributed by atoms with Gasteiger partial charge in [0.15, 0.2) is 0 Å². The van der Waals surface area contributed by atoms with Gasteiger partial charge in [0, 0.05) is 18.9 Å². The third kappa shape index (κ3) is 2.40. The number of aryl methyl sites for hydroxylation is 1. The smallest absolute Gasteiger partial charge is 0.137 e. The molecule has 0 aliphatic carbocycles. The van der Waals surface area contributed by atoms with Crippen LogP contribution in [-0.2, 0) is 6.54 Å². The molecule has 1 aromatic carbocycles. The monoisotopic (exact) mass is 297 g/mol. The van der Waals surface area contributed by atoms with Crippen LogP contribution in [0.5, 0.6) is 0 Å². The molecule has 5 heteroatoms. The summed E-state index contributed by atoms with van der Waals surface area (Å²) in [5.74, 6) is 0.491. The topological polar surface area (TPSA) is 43.8 Å². The van der Waals surface area contributed by atoms with E-state index in [0.717, 1.165) is 17.9 Å². The van der Waals surface area contributed by atoms with Gasteiger partial charge in [-0.05, 0) is 40.5 Å². The minimum Gasteiger partial charge on any atom is -0.334 e. The van der Waals surface area contributed by atoms with Gasteiger partial charge in [0.1, 0.15) is 11.6 Å². The fourth-order valence-corrected chi connectivity index (χ4v) is 2.12. The zero-order valence-electron chi connectivity index (χ0n) is 9.40. The second-order valence-electron chi connectivity index (χ2n) is 3.72. The number of rotatable bonds is 3. The molecular formula is C12H13BrFN3. The lowest BCUT2D eigenvalue weighted by Gasteiger charge is -2.13. The van der Waals surface area contributed by atoms with Gasteiger partial charge in [0.05, 0.1) is 10.5 Å². The minimum atomic E-state index is -0.346. The van der Waals surface area contributed by atoms with Gasteiger partial charge >= 0.3 is 0 Å². The van der Waals surface area contributed by atoms with Crippen molar-refractivity contribution in [3.63, 3.8) is 0 Å². The van der Waals surface area contributed by atoms with Crippen molar-refractivity contribution >= 4 is 15.9 Å². The number of nitrogens with zero attached hydrogens (tertiary/aromatic N) is 2. The fourth-order valence-electron chi connectivity index (χ4n) is 1.72. The number of halogens is 2. The van der Waals surface area contributed by atoms with E-state index in [0.29, 0.717) is 4.47 Å². The molecule has 1 aromatic heterocycles. The first-order chi connectivity index (χ1) is 8.13. The highest BCUT2D eigenvalue weighted by atomic mass is 79.9. The Labute approximate surface area is 108 Å². The zero-order valence-corrected chi connectivity index (χ0v) is 11.0. The Kier molecular flexibility index (Phi) is 3.59. The fraction of sp³-hybridized carbons (Fsp3) is 0.250. The highest BCUT2D eigenvalue weighted by molar-refractivity contribution is 9.10. The van der Waals surface area contributed by atoms with Crippen LogP contribution in [0.4, 0.5) is 4.39 Å². The molecule has 0 aliphatic heterocycles. The van der Waals surface area contributed by atoms with Crippen LogP contribution in [0.1, 0.15) is 24.4 Å². The Bertz CT molecular complexity index is 524. The predicted molar refractivity (Wildman–Crippen MR) is 68.0 cm³/mol. The molecule has 1 atom stereocenters. The van der Waals surface area contributed by atoms with Crippen LogP contribution >= 0.6 is 15.9 Å². The van der Waals surface area contributed by atoms with Gasteiger partial charge < -0.3 is 10.3 Å². The van der Waals surface area contributed by atoms with Crippen LogP contribution < -0.4 is 5.73 Å². The minimum absolute atomic E-state index is 0.292. The summed E-state index contributed by atoms with van der Waals surface area (Å²) in [5, 5.41) is 0. The van der Waals surface area contributed by atoms with E-state index in [4.69, 9.17) is 5.73 Å². The molecule has 1 heterocycles. The number of imidazole rings is 1. The predicted octanol–water partition coefficient (Wildman–Crippen LogP) is 2.85. The molecule has 0 bridgehead atoms. The molecule has 0 aliphatic rings. The summed E-state index contributed by atoms with van der Waals surface area (Å²) in [6.07, 6.45) is 3.60. The molecule has 0 saturated carbocycles. The molecule has 17 heavy (non-hydrogen) atoms. The summed E-state index contributed by atoms with van der Waals surface area (Å²) in [7, 11) is 0. The molecule has 2 N–H and O–H groups in total. The normalized spacial score (nSPS) is 12.7. The Balaban J connectivity index is 2.36. The number of nitrogens with two attached hydrogens (primary N) is 1. The van der Waals surface area contributed by atoms with E-state index >= 15 is 0 Å². The van der Waals surface area contributed by atoms with Crippen LogP contribution in [0, 0.1) is 5.82 Å². The van der Waals surface area contributed by atoms with Gasteiger partial charge in [0.2, 0.25) is 0 Å². The first kappa shape index (κ1) is 12.3. The van der Waals surface area contributed by atoms with Crippen molar-refractivity contribution in [1.82, 2.24) is 9.55 Å². The molecule has 0 fully saturated rings. The molecule has 0 amide bonds. The molecule has 1 unspecified atom stereocenters. The van der Waals surface area contributed by atoms with Crippen molar-refractivity contribution in [2.24, 2.45) is 5.73 Å². The second-order valence-corrected chi connectivity index (χ2v) is 4.58. The maximum Gasteiger partial charge on any atom is 0.137 e. The summed E-state index contributed by atoms with van der Waals surface area (Å²) in [5.41, 5.74) is 6.96. The summed E-state index contributed by atoms with van der Waals surface area (Å²) in [6, 6.07) is 4.42. The summed E-state index contributed by atoms with van der Waals surface area (Å²) < 4.78 is 15.5. The quantitative estimate of drug-likeness (QED) is 0.947. The largest absolute Gasteiger partial charge is 0.334 e. The van der Waals surface area contributed by atoms with Crippen LogP contribution in [-0.4, -0.2) is 9.55 Å². The van der Waals surface area contributed by atoms with E-state index in [-0.39, 0.29) is 11.9 Å². The SMILES string of the molecule is CCn1ccnc1C(N)c1ccc(F)c(Br)c1. The summed E-state index contributed by atoms with van der Waals surface area (Å²) in [4.78, 5) is 4.24. The molecular weight excluding hydrogens is 285 g/mol. The molecule has 0 spiro atoms. The van der Waals surface area contributed by atoms with Crippen molar-refractivity contribution in [2.45, 2.75) is 19.5 Å². The van der Waals surface area contributed by atoms with E-state index in [1.54, 1.807) is 18.3 Å². The van der Waals surface area contributed by atoms with Crippen LogP contribution in [0.2, 0.25) is 0 Å². The average molecular weight is 298 g/mol. The van der Waals surface area contributed by atoms with Crippen LogP contribution in [0.3, 0.4) is 0 Å². The molecule has 0 radical (unpaired) electrons. The lowest BCUT2D eigenvalue weighted by Crippen LogP contribution is -2.17. The third-order valence-corrected chi connectivity index (χ3v) is 3.28. The lowest BCUT2D eigenvalue weighted by atomic mass is 10.1. The van der Waals surface area contributed by atoms with Gasteiger partial charge in [0.25, 0.3) is 0 Å². The molecule has 90 valence electrons. The molecule has 3 nitrogen and oxygen atoms in total. The number of hydrogen-bond acceptors (Lipinski definition) is 2. The Morgan fingerprint density at radius 2 is 2.29 bits per heavy atom. The maximum atomic E-state index is 13.1. The van der Waals surface area contributed by atoms with Gasteiger partial charge in [-0.25, -0.2) is 9.37 Å². The van der Waals surface area contributed by atoms with Gasteiger partial charge in [-0.2, -0.15) is 0 Å². The van der Waals surface area contributed by atoms with Crippen molar-refractivity contribution in [3.05, 3.63) is 52.3 Å². The standard InChI is InChI=1S/C12H13BrFN3/c1-2-17-6-5-16-12(17)11(15)8-3-4-10(14)9(13)7-8/h3-7,11H,2,15H2,1H3. The first-order valence-corrected chi connectivity index (χ1v) is 6.14. The van der Waals surface area contributed by atoms with E-state index in [9.17, 15) is 4.39 Å². The summed E-state index contributed by atoms with van der Waals surface area (Å²) >= 11 is 3.16. The number of hydrogen-bond donors (Lipinski definition) is 1. The number of aromatic nitrogens is 2. The Morgan fingerprint density at radius 1 is 1.53 bits per heavy atom. The maximum absolute atomic E-state index is 13.1. The van der Waals surface area contributed by atoms with Crippen molar-refractivity contribution in [3.8, 4) is 0 Å². The Hall–Kier alpha value is -1.20. The average Bonchev–Trinajstić information content (AvgIpc) is 2.80. The highest BCUT2D eigenvalue weighted by Crippen LogP contribution is 2.23. The third-order valence-electron chi connectivity index (χ3n) is 2.67. The Morgan fingerprint density at radius 3 is 2.94 bits per heavy atom. The molecule has 2 aromatic rings. The van der Waals surface area contributed by atoms with Crippen molar-refractivity contribution < 1.29 is 4.39 Å². The van der Waals surface area contributed by atoms with Gasteiger partial charge in [-0.1, -0.05) is 6.07 Å². The zero-order chi connectivity index (χ0) is 12.4. The van der Waals surface area contributed by atoms with Crippen molar-refractivity contribution in [1.29, 1.82) is 0 Å². The molecule has 0 saturated heterocycles. The van der Waals surface area contributed by atoms with Gasteiger partial charge in [-0.15, -0.1) is 0 Å².